The minimum Gasteiger partial charge on any atom is -0.497 e. The number of aromatic nitrogens is 2. The molecule has 28 heavy (non-hydrogen) atoms. The number of nitrogens with zero attached hydrogens (tertiary/aromatic N) is 3. The number of carbonyl (C=O) groups is 1. The minimum atomic E-state index is -0.0726. The second-order valence-electron chi connectivity index (χ2n) is 6.30. The molecule has 0 saturated carbocycles. The number of nitrogens with one attached hydrogen (secondary N) is 1. The van der Waals surface area contributed by atoms with Gasteiger partial charge in [0.1, 0.15) is 11.6 Å². The molecule has 1 amide bonds. The Bertz CT molecular complexity index is 898. The third-order valence-electron chi connectivity index (χ3n) is 4.47. The van der Waals surface area contributed by atoms with Crippen molar-refractivity contribution in [2.45, 2.75) is 13.0 Å². The lowest BCUT2D eigenvalue weighted by Gasteiger charge is -2.23. The molecule has 0 aliphatic heterocycles. The van der Waals surface area contributed by atoms with Crippen molar-refractivity contribution in [2.75, 3.05) is 26.0 Å². The summed E-state index contributed by atoms with van der Waals surface area (Å²) in [5, 5.41) is 2.99. The molecule has 6 nitrogen and oxygen atoms in total. The summed E-state index contributed by atoms with van der Waals surface area (Å²) in [5.41, 5.74) is 2.54. The van der Waals surface area contributed by atoms with Crippen LogP contribution in [-0.4, -0.2) is 41.5 Å². The van der Waals surface area contributed by atoms with Crippen LogP contribution in [0.3, 0.4) is 0 Å². The fourth-order valence-corrected chi connectivity index (χ4v) is 2.94. The molecule has 0 aliphatic carbocycles. The highest BCUT2D eigenvalue weighted by Gasteiger charge is 2.20. The molecule has 0 fully saturated rings. The maximum Gasteiger partial charge on any atom is 0.257 e. The van der Waals surface area contributed by atoms with Gasteiger partial charge >= 0.3 is 0 Å². The van der Waals surface area contributed by atoms with Gasteiger partial charge in [0.2, 0.25) is 0 Å². The molecule has 0 atom stereocenters. The number of ether oxygens (including phenoxy) is 1. The number of pyridine rings is 2. The highest BCUT2D eigenvalue weighted by molar-refractivity contribution is 5.98. The molecular formula is C22H24N4O2. The molecule has 1 N–H and O–H groups in total. The summed E-state index contributed by atoms with van der Waals surface area (Å²) in [6.07, 6.45) is 4.14. The highest BCUT2D eigenvalue weighted by Crippen LogP contribution is 2.17. The van der Waals surface area contributed by atoms with Crippen LogP contribution in [-0.2, 0) is 13.0 Å². The summed E-state index contributed by atoms with van der Waals surface area (Å²) in [4.78, 5) is 23.7. The monoisotopic (exact) mass is 376 g/mol. The largest absolute Gasteiger partial charge is 0.497 e. The van der Waals surface area contributed by atoms with E-state index in [2.05, 4.69) is 15.3 Å². The van der Waals surface area contributed by atoms with Crippen LogP contribution in [0.25, 0.3) is 0 Å². The summed E-state index contributed by atoms with van der Waals surface area (Å²) in [6, 6.07) is 17.2. The van der Waals surface area contributed by atoms with E-state index in [0.29, 0.717) is 24.5 Å². The van der Waals surface area contributed by atoms with E-state index in [9.17, 15) is 4.79 Å². The zero-order valence-electron chi connectivity index (χ0n) is 16.1. The maximum absolute atomic E-state index is 13.2. The van der Waals surface area contributed by atoms with Gasteiger partial charge < -0.3 is 15.0 Å². The first-order valence-corrected chi connectivity index (χ1v) is 9.16. The zero-order chi connectivity index (χ0) is 19.8. The first-order chi connectivity index (χ1) is 13.7. The van der Waals surface area contributed by atoms with Gasteiger partial charge in [0, 0.05) is 26.0 Å². The molecule has 0 bridgehead atoms. The maximum atomic E-state index is 13.2. The Morgan fingerprint density at radius 1 is 1.04 bits per heavy atom. The molecule has 3 rings (SSSR count). The van der Waals surface area contributed by atoms with E-state index in [0.717, 1.165) is 23.4 Å². The van der Waals surface area contributed by atoms with Gasteiger partial charge in [-0.05, 0) is 48.4 Å². The Morgan fingerprint density at radius 2 is 1.82 bits per heavy atom. The lowest BCUT2D eigenvalue weighted by molar-refractivity contribution is 0.0743. The van der Waals surface area contributed by atoms with E-state index in [1.54, 1.807) is 38.7 Å². The average Bonchev–Trinajstić information content (AvgIpc) is 2.77. The Labute approximate surface area is 165 Å². The molecule has 0 aliphatic rings. The predicted octanol–water partition coefficient (Wildman–Crippen LogP) is 3.41. The molecule has 3 aromatic rings. The molecule has 0 saturated heterocycles. The van der Waals surface area contributed by atoms with Gasteiger partial charge in [-0.25, -0.2) is 4.98 Å². The number of anilines is 1. The van der Waals surface area contributed by atoms with E-state index in [-0.39, 0.29) is 5.91 Å². The second kappa shape index (κ2) is 9.50. The number of amides is 1. The first kappa shape index (κ1) is 19.4. The van der Waals surface area contributed by atoms with Gasteiger partial charge in [0.15, 0.2) is 0 Å². The Balaban J connectivity index is 1.80. The van der Waals surface area contributed by atoms with E-state index in [4.69, 9.17) is 4.74 Å². The van der Waals surface area contributed by atoms with Gasteiger partial charge in [0.05, 0.1) is 24.9 Å². The quantitative estimate of drug-likeness (QED) is 0.653. The molecular weight excluding hydrogens is 352 g/mol. The summed E-state index contributed by atoms with van der Waals surface area (Å²) in [7, 11) is 3.41. The summed E-state index contributed by atoms with van der Waals surface area (Å²) in [5.74, 6) is 1.32. The number of methoxy groups -OCH3 is 1. The van der Waals surface area contributed by atoms with Crippen molar-refractivity contribution < 1.29 is 9.53 Å². The highest BCUT2D eigenvalue weighted by atomic mass is 16.5. The fourth-order valence-electron chi connectivity index (χ4n) is 2.94. The van der Waals surface area contributed by atoms with Crippen molar-refractivity contribution in [2.24, 2.45) is 0 Å². The van der Waals surface area contributed by atoms with Crippen molar-refractivity contribution in [3.8, 4) is 5.75 Å². The van der Waals surface area contributed by atoms with Crippen molar-refractivity contribution in [1.29, 1.82) is 0 Å². The Kier molecular flexibility index (Phi) is 6.57. The number of benzene rings is 1. The van der Waals surface area contributed by atoms with Crippen LogP contribution in [0.2, 0.25) is 0 Å². The smallest absolute Gasteiger partial charge is 0.257 e. The molecule has 0 unspecified atom stereocenters. The van der Waals surface area contributed by atoms with Crippen molar-refractivity contribution >= 4 is 11.7 Å². The molecule has 0 spiro atoms. The SMILES string of the molecule is CNc1ncccc1C(=O)N(CCc1ccc(OC)cc1)Cc1ccccn1. The number of rotatable bonds is 8. The Morgan fingerprint density at radius 3 is 2.50 bits per heavy atom. The molecule has 2 heterocycles. The van der Waals surface area contributed by atoms with Gasteiger partial charge in [-0.1, -0.05) is 18.2 Å². The molecule has 1 aromatic carbocycles. The standard InChI is InChI=1S/C22H24N4O2/c1-23-21-20(7-5-14-25-21)22(27)26(16-18-6-3-4-13-24-18)15-12-17-8-10-19(28-2)11-9-17/h3-11,13-14H,12,15-16H2,1-2H3,(H,23,25). The van der Waals surface area contributed by atoms with Gasteiger partial charge in [0.25, 0.3) is 5.91 Å². The second-order valence-corrected chi connectivity index (χ2v) is 6.30. The van der Waals surface area contributed by atoms with Crippen LogP contribution in [0.5, 0.6) is 5.75 Å². The molecule has 2 aromatic heterocycles. The van der Waals surface area contributed by atoms with E-state index in [1.807, 2.05) is 47.4 Å². The van der Waals surface area contributed by atoms with E-state index in [1.165, 1.54) is 0 Å². The number of hydrogen-bond donors (Lipinski definition) is 1. The van der Waals surface area contributed by atoms with E-state index < -0.39 is 0 Å². The van der Waals surface area contributed by atoms with Crippen LogP contribution >= 0.6 is 0 Å². The Hall–Kier alpha value is -3.41. The number of hydrogen-bond acceptors (Lipinski definition) is 5. The summed E-state index contributed by atoms with van der Waals surface area (Å²) < 4.78 is 5.21. The predicted molar refractivity (Wildman–Crippen MR) is 109 cm³/mol. The zero-order valence-corrected chi connectivity index (χ0v) is 16.1. The topological polar surface area (TPSA) is 67.4 Å². The molecule has 6 heteroatoms. The lowest BCUT2D eigenvalue weighted by Crippen LogP contribution is -2.33. The number of carbonyl (C=O) groups excluding carboxylic acids is 1. The van der Waals surface area contributed by atoms with Crippen molar-refractivity contribution in [3.05, 3.63) is 83.8 Å². The summed E-state index contributed by atoms with van der Waals surface area (Å²) >= 11 is 0. The fraction of sp³-hybridized carbons (Fsp3) is 0.227. The summed E-state index contributed by atoms with van der Waals surface area (Å²) in [6.45, 7) is 1.01. The van der Waals surface area contributed by atoms with Crippen LogP contribution < -0.4 is 10.1 Å². The molecule has 0 radical (unpaired) electrons. The minimum absolute atomic E-state index is 0.0726. The van der Waals surface area contributed by atoms with Crippen LogP contribution in [0.15, 0.2) is 67.0 Å². The van der Waals surface area contributed by atoms with Crippen LogP contribution in [0, 0.1) is 0 Å². The molecule has 144 valence electrons. The normalized spacial score (nSPS) is 10.4. The first-order valence-electron chi connectivity index (χ1n) is 9.16. The van der Waals surface area contributed by atoms with Crippen molar-refractivity contribution in [3.63, 3.8) is 0 Å². The van der Waals surface area contributed by atoms with E-state index >= 15 is 0 Å². The van der Waals surface area contributed by atoms with Gasteiger partial charge in [-0.2, -0.15) is 0 Å². The van der Waals surface area contributed by atoms with Gasteiger partial charge in [-0.15, -0.1) is 0 Å². The van der Waals surface area contributed by atoms with Crippen LogP contribution in [0.1, 0.15) is 21.6 Å². The van der Waals surface area contributed by atoms with Crippen molar-refractivity contribution in [1.82, 2.24) is 14.9 Å². The van der Waals surface area contributed by atoms with Crippen LogP contribution in [0.4, 0.5) is 5.82 Å². The third-order valence-corrected chi connectivity index (χ3v) is 4.47. The average molecular weight is 376 g/mol. The third kappa shape index (κ3) is 4.85. The lowest BCUT2D eigenvalue weighted by atomic mass is 10.1. The van der Waals surface area contributed by atoms with Gasteiger partial charge in [-0.3, -0.25) is 9.78 Å².